The largest absolute Gasteiger partial charge is 0.385 e. The Morgan fingerprint density at radius 1 is 1.56 bits per heavy atom. The second kappa shape index (κ2) is 7.78. The number of carbonyl (C=O) groups is 2. The van der Waals surface area contributed by atoms with E-state index in [-0.39, 0.29) is 18.4 Å². The van der Waals surface area contributed by atoms with Gasteiger partial charge in [-0.2, -0.15) is 0 Å². The molecule has 1 aromatic rings. The molecule has 1 heterocycles. The smallest absolute Gasteiger partial charge is 0.273 e. The lowest BCUT2D eigenvalue weighted by molar-refractivity contribution is -0.121. The summed E-state index contributed by atoms with van der Waals surface area (Å²) in [7, 11) is 3.19. The Morgan fingerprint density at radius 3 is 2.94 bits per heavy atom. The number of ether oxygens (including phenoxy) is 1. The fraction of sp³-hybridized carbons (Fsp3) is 0.545. The van der Waals surface area contributed by atoms with Crippen LogP contribution in [0.4, 0.5) is 0 Å². The van der Waals surface area contributed by atoms with Gasteiger partial charge in [0.15, 0.2) is 0 Å². The van der Waals surface area contributed by atoms with Crippen LogP contribution in [0.3, 0.4) is 0 Å². The first-order chi connectivity index (χ1) is 8.65. The summed E-state index contributed by atoms with van der Waals surface area (Å²) in [6.07, 6.45) is 0.756. The van der Waals surface area contributed by atoms with Gasteiger partial charge in [-0.15, -0.1) is 11.3 Å². The quantitative estimate of drug-likeness (QED) is 0.727. The van der Waals surface area contributed by atoms with Crippen molar-refractivity contribution in [1.82, 2.24) is 15.2 Å². The molecule has 0 unspecified atom stereocenters. The zero-order valence-corrected chi connectivity index (χ0v) is 11.3. The Bertz CT molecular complexity index is 381. The van der Waals surface area contributed by atoms with Crippen LogP contribution in [0.15, 0.2) is 10.9 Å². The van der Waals surface area contributed by atoms with Crippen LogP contribution in [0, 0.1) is 0 Å². The lowest BCUT2D eigenvalue weighted by atomic mass is 10.4. The van der Waals surface area contributed by atoms with E-state index in [1.807, 2.05) is 0 Å². The lowest BCUT2D eigenvalue weighted by Gasteiger charge is -2.15. The van der Waals surface area contributed by atoms with Crippen molar-refractivity contribution in [2.75, 3.05) is 33.9 Å². The average Bonchev–Trinajstić information content (AvgIpc) is 2.87. The third-order valence-corrected chi connectivity index (χ3v) is 2.81. The van der Waals surface area contributed by atoms with Gasteiger partial charge < -0.3 is 15.0 Å². The molecule has 2 amide bonds. The maximum absolute atomic E-state index is 11.8. The molecule has 0 aromatic carbocycles. The number of hydrogen-bond acceptors (Lipinski definition) is 5. The Labute approximate surface area is 110 Å². The van der Waals surface area contributed by atoms with Crippen LogP contribution in [0.2, 0.25) is 0 Å². The van der Waals surface area contributed by atoms with E-state index in [9.17, 15) is 9.59 Å². The summed E-state index contributed by atoms with van der Waals surface area (Å²) >= 11 is 1.35. The summed E-state index contributed by atoms with van der Waals surface area (Å²) in [6.45, 7) is 1.18. The first kappa shape index (κ1) is 14.6. The maximum atomic E-state index is 11.8. The number of likely N-dealkylation sites (N-methyl/N-ethyl adjacent to an activating group) is 1. The van der Waals surface area contributed by atoms with E-state index in [2.05, 4.69) is 10.3 Å². The molecule has 0 aliphatic carbocycles. The molecule has 1 N–H and O–H groups in total. The number of nitrogens with one attached hydrogen (secondary N) is 1. The van der Waals surface area contributed by atoms with Gasteiger partial charge in [0.2, 0.25) is 5.91 Å². The van der Waals surface area contributed by atoms with Crippen molar-refractivity contribution in [3.05, 3.63) is 16.6 Å². The van der Waals surface area contributed by atoms with E-state index < -0.39 is 0 Å². The van der Waals surface area contributed by atoms with Gasteiger partial charge in [-0.05, 0) is 6.42 Å². The first-order valence-corrected chi connectivity index (χ1v) is 6.48. The van der Waals surface area contributed by atoms with Crippen molar-refractivity contribution in [3.63, 3.8) is 0 Å². The van der Waals surface area contributed by atoms with E-state index in [1.54, 1.807) is 25.0 Å². The molecule has 0 saturated heterocycles. The van der Waals surface area contributed by atoms with Gasteiger partial charge in [-0.25, -0.2) is 4.98 Å². The molecule has 1 rings (SSSR count). The van der Waals surface area contributed by atoms with Crippen molar-refractivity contribution >= 4 is 23.2 Å². The molecule has 0 spiro atoms. The number of thiazole rings is 1. The summed E-state index contributed by atoms with van der Waals surface area (Å²) < 4.78 is 4.87. The molecular weight excluding hydrogens is 254 g/mol. The van der Waals surface area contributed by atoms with Crippen LogP contribution in [-0.4, -0.2) is 55.6 Å². The van der Waals surface area contributed by atoms with Crippen LogP contribution in [-0.2, 0) is 9.53 Å². The van der Waals surface area contributed by atoms with Gasteiger partial charge in [-0.1, -0.05) is 0 Å². The number of carbonyl (C=O) groups excluding carboxylic acids is 2. The van der Waals surface area contributed by atoms with E-state index in [0.717, 1.165) is 6.42 Å². The summed E-state index contributed by atoms with van der Waals surface area (Å²) in [6, 6.07) is 0. The second-order valence-corrected chi connectivity index (χ2v) is 4.45. The molecule has 6 nitrogen and oxygen atoms in total. The summed E-state index contributed by atoms with van der Waals surface area (Å²) in [5.41, 5.74) is 1.96. The Kier molecular flexibility index (Phi) is 6.31. The highest BCUT2D eigenvalue weighted by Crippen LogP contribution is 2.03. The van der Waals surface area contributed by atoms with Gasteiger partial charge in [0, 0.05) is 32.7 Å². The summed E-state index contributed by atoms with van der Waals surface area (Å²) in [5.74, 6) is -0.430. The zero-order valence-electron chi connectivity index (χ0n) is 10.5. The third kappa shape index (κ3) is 4.80. The molecule has 1 aromatic heterocycles. The van der Waals surface area contributed by atoms with Crippen molar-refractivity contribution < 1.29 is 14.3 Å². The molecule has 0 radical (unpaired) electrons. The third-order valence-electron chi connectivity index (χ3n) is 2.23. The lowest BCUT2D eigenvalue weighted by Crippen LogP contribution is -2.38. The molecule has 18 heavy (non-hydrogen) atoms. The summed E-state index contributed by atoms with van der Waals surface area (Å²) in [4.78, 5) is 28.6. The molecule has 0 aliphatic rings. The van der Waals surface area contributed by atoms with E-state index in [1.165, 1.54) is 16.2 Å². The van der Waals surface area contributed by atoms with Crippen LogP contribution >= 0.6 is 11.3 Å². The standard InChI is InChI=1S/C11H17N3O3S/c1-14(11(16)9-7-18-8-13-9)6-10(15)12-4-3-5-17-2/h7-8H,3-6H2,1-2H3,(H,12,15). The Hall–Kier alpha value is -1.47. The highest BCUT2D eigenvalue weighted by atomic mass is 32.1. The van der Waals surface area contributed by atoms with Crippen LogP contribution in [0.1, 0.15) is 16.9 Å². The Balaban J connectivity index is 2.29. The number of methoxy groups -OCH3 is 1. The van der Waals surface area contributed by atoms with Gasteiger partial charge in [0.1, 0.15) is 5.69 Å². The topological polar surface area (TPSA) is 71.5 Å². The summed E-state index contributed by atoms with van der Waals surface area (Å²) in [5, 5.41) is 4.38. The minimum absolute atomic E-state index is 0.0311. The number of amides is 2. The number of rotatable bonds is 7. The normalized spacial score (nSPS) is 10.1. The maximum Gasteiger partial charge on any atom is 0.273 e. The SMILES string of the molecule is COCCCNC(=O)CN(C)C(=O)c1cscn1. The predicted octanol–water partition coefficient (Wildman–Crippen LogP) is 0.368. The molecule has 0 fully saturated rings. The molecule has 100 valence electrons. The van der Waals surface area contributed by atoms with E-state index in [4.69, 9.17) is 4.74 Å². The molecule has 0 saturated carbocycles. The Morgan fingerprint density at radius 2 is 2.33 bits per heavy atom. The first-order valence-electron chi connectivity index (χ1n) is 5.54. The van der Waals surface area contributed by atoms with E-state index in [0.29, 0.717) is 18.8 Å². The minimum Gasteiger partial charge on any atom is -0.385 e. The van der Waals surface area contributed by atoms with Crippen molar-refractivity contribution in [2.45, 2.75) is 6.42 Å². The fourth-order valence-electron chi connectivity index (χ4n) is 1.30. The number of aromatic nitrogens is 1. The predicted molar refractivity (Wildman–Crippen MR) is 68.6 cm³/mol. The molecule has 7 heteroatoms. The van der Waals surface area contributed by atoms with E-state index >= 15 is 0 Å². The van der Waals surface area contributed by atoms with Gasteiger partial charge >= 0.3 is 0 Å². The highest BCUT2D eigenvalue weighted by molar-refractivity contribution is 7.07. The number of hydrogen-bond donors (Lipinski definition) is 1. The number of nitrogens with zero attached hydrogens (tertiary/aromatic N) is 2. The minimum atomic E-state index is -0.247. The van der Waals surface area contributed by atoms with Crippen LogP contribution in [0.25, 0.3) is 0 Å². The average molecular weight is 271 g/mol. The van der Waals surface area contributed by atoms with Gasteiger partial charge in [0.05, 0.1) is 12.1 Å². The van der Waals surface area contributed by atoms with Crippen molar-refractivity contribution in [3.8, 4) is 0 Å². The fourth-order valence-corrected chi connectivity index (χ4v) is 1.83. The highest BCUT2D eigenvalue weighted by Gasteiger charge is 2.15. The molecule has 0 aliphatic heterocycles. The van der Waals surface area contributed by atoms with Crippen LogP contribution < -0.4 is 5.32 Å². The zero-order chi connectivity index (χ0) is 13.4. The van der Waals surface area contributed by atoms with Crippen molar-refractivity contribution in [1.29, 1.82) is 0 Å². The van der Waals surface area contributed by atoms with Crippen molar-refractivity contribution in [2.24, 2.45) is 0 Å². The van der Waals surface area contributed by atoms with Gasteiger partial charge in [-0.3, -0.25) is 9.59 Å². The molecule has 0 bridgehead atoms. The molecule has 0 atom stereocenters. The van der Waals surface area contributed by atoms with Gasteiger partial charge in [0.25, 0.3) is 5.91 Å². The second-order valence-electron chi connectivity index (χ2n) is 3.73. The molecular formula is C11H17N3O3S. The van der Waals surface area contributed by atoms with Crippen LogP contribution in [0.5, 0.6) is 0 Å². The monoisotopic (exact) mass is 271 g/mol.